The summed E-state index contributed by atoms with van der Waals surface area (Å²) >= 11 is 0. The number of aliphatic imine (C=N–C) groups is 1. The molecule has 0 saturated heterocycles. The highest BCUT2D eigenvalue weighted by atomic mass is 127. The van der Waals surface area contributed by atoms with Gasteiger partial charge in [-0.25, -0.2) is 9.98 Å². The number of aromatic nitrogens is 1. The zero-order valence-corrected chi connectivity index (χ0v) is 16.3. The largest absolute Gasteiger partial charge is 0.468 e. The molecule has 0 spiro atoms. The number of hydrogen-bond donors (Lipinski definition) is 2. The van der Waals surface area contributed by atoms with E-state index in [0.717, 1.165) is 18.5 Å². The third-order valence-electron chi connectivity index (χ3n) is 2.94. The first-order valence-electron chi connectivity index (χ1n) is 7.53. The summed E-state index contributed by atoms with van der Waals surface area (Å²) in [5.41, 5.74) is 0.783. The van der Waals surface area contributed by atoms with Crippen LogP contribution in [0.4, 0.5) is 13.2 Å². The average Bonchev–Trinajstić information content (AvgIpc) is 2.51. The van der Waals surface area contributed by atoms with Crippen LogP contribution in [0.5, 0.6) is 5.88 Å². The molecule has 0 aliphatic heterocycles. The summed E-state index contributed by atoms with van der Waals surface area (Å²) in [5, 5.41) is 6.39. The zero-order chi connectivity index (χ0) is 17.3. The number of pyridine rings is 1. The van der Waals surface area contributed by atoms with Crippen LogP contribution in [0.1, 0.15) is 32.8 Å². The zero-order valence-electron chi connectivity index (χ0n) is 14.0. The topological polar surface area (TPSA) is 58.5 Å². The van der Waals surface area contributed by atoms with Crippen LogP contribution >= 0.6 is 24.0 Å². The maximum atomic E-state index is 12.1. The number of nitrogens with zero attached hydrogens (tertiary/aromatic N) is 2. The number of halogens is 4. The van der Waals surface area contributed by atoms with Crippen LogP contribution in [0.2, 0.25) is 0 Å². The number of ether oxygens (including phenoxy) is 1. The molecule has 5 nitrogen and oxygen atoms in total. The van der Waals surface area contributed by atoms with Crippen molar-refractivity contribution in [2.24, 2.45) is 4.99 Å². The lowest BCUT2D eigenvalue weighted by Crippen LogP contribution is -2.41. The lowest BCUT2D eigenvalue weighted by Gasteiger charge is -2.16. The van der Waals surface area contributed by atoms with Crippen LogP contribution in [0, 0.1) is 0 Å². The van der Waals surface area contributed by atoms with E-state index in [-0.39, 0.29) is 29.9 Å². The van der Waals surface area contributed by atoms with E-state index in [4.69, 9.17) is 0 Å². The molecule has 0 aromatic carbocycles. The summed E-state index contributed by atoms with van der Waals surface area (Å²) < 4.78 is 40.7. The standard InChI is InChI=1S/C15H23F3N4O.HI/c1-4-11(3)22-14(19-5-2)21-9-12-6-7-13(20-8-12)23-10-15(16,17)18;/h6-8,11H,4-5,9-10H2,1-3H3,(H2,19,21,22);1H. The molecule has 0 saturated carbocycles. The van der Waals surface area contributed by atoms with Crippen molar-refractivity contribution in [1.82, 2.24) is 15.6 Å². The monoisotopic (exact) mass is 460 g/mol. The number of nitrogens with one attached hydrogen (secondary N) is 2. The fraction of sp³-hybridized carbons (Fsp3) is 0.600. The minimum Gasteiger partial charge on any atom is -0.468 e. The Kier molecular flexibility index (Phi) is 10.7. The van der Waals surface area contributed by atoms with Gasteiger partial charge in [-0.3, -0.25) is 0 Å². The highest BCUT2D eigenvalue weighted by Crippen LogP contribution is 2.17. The Balaban J connectivity index is 0.00000529. The van der Waals surface area contributed by atoms with Gasteiger partial charge in [0.15, 0.2) is 12.6 Å². The first-order valence-corrected chi connectivity index (χ1v) is 7.53. The summed E-state index contributed by atoms with van der Waals surface area (Å²) in [4.78, 5) is 8.27. The molecule has 1 aromatic rings. The molecule has 0 fully saturated rings. The molecule has 9 heteroatoms. The molecule has 1 rings (SSSR count). The van der Waals surface area contributed by atoms with Gasteiger partial charge >= 0.3 is 6.18 Å². The number of alkyl halides is 3. The van der Waals surface area contributed by atoms with Crippen molar-refractivity contribution in [2.45, 2.75) is 46.0 Å². The van der Waals surface area contributed by atoms with E-state index >= 15 is 0 Å². The SMILES string of the molecule is CCNC(=NCc1ccc(OCC(F)(F)F)nc1)NC(C)CC.I. The summed E-state index contributed by atoms with van der Waals surface area (Å²) in [7, 11) is 0. The molecule has 0 aliphatic carbocycles. The smallest absolute Gasteiger partial charge is 0.422 e. The molecular formula is C15H24F3IN4O. The minimum absolute atomic E-state index is 0. The van der Waals surface area contributed by atoms with Gasteiger partial charge in [-0.2, -0.15) is 13.2 Å². The molecule has 138 valence electrons. The third-order valence-corrected chi connectivity index (χ3v) is 2.94. The van der Waals surface area contributed by atoms with Crippen LogP contribution in [0.25, 0.3) is 0 Å². The van der Waals surface area contributed by atoms with E-state index in [2.05, 4.69) is 39.2 Å². The molecule has 0 amide bonds. The van der Waals surface area contributed by atoms with E-state index in [1.807, 2.05) is 6.92 Å². The van der Waals surface area contributed by atoms with Crippen LogP contribution in [0.3, 0.4) is 0 Å². The normalized spacial score (nSPS) is 13.0. The molecule has 24 heavy (non-hydrogen) atoms. The van der Waals surface area contributed by atoms with Crippen molar-refractivity contribution in [3.8, 4) is 5.88 Å². The van der Waals surface area contributed by atoms with Crippen molar-refractivity contribution in [2.75, 3.05) is 13.2 Å². The summed E-state index contributed by atoms with van der Waals surface area (Å²) in [6.07, 6.45) is -1.94. The highest BCUT2D eigenvalue weighted by molar-refractivity contribution is 14.0. The number of guanidine groups is 1. The fourth-order valence-electron chi connectivity index (χ4n) is 1.57. The maximum absolute atomic E-state index is 12.1. The van der Waals surface area contributed by atoms with Crippen molar-refractivity contribution in [1.29, 1.82) is 0 Å². The van der Waals surface area contributed by atoms with E-state index in [1.54, 1.807) is 6.07 Å². The van der Waals surface area contributed by atoms with Gasteiger partial charge in [-0.15, -0.1) is 24.0 Å². The van der Waals surface area contributed by atoms with Crippen LogP contribution in [0.15, 0.2) is 23.3 Å². The van der Waals surface area contributed by atoms with Gasteiger partial charge in [-0.05, 0) is 25.8 Å². The third kappa shape index (κ3) is 9.78. The predicted molar refractivity (Wildman–Crippen MR) is 98.9 cm³/mol. The average molecular weight is 460 g/mol. The van der Waals surface area contributed by atoms with Crippen molar-refractivity contribution < 1.29 is 17.9 Å². The first kappa shape index (κ1) is 22.7. The Morgan fingerprint density at radius 1 is 1.33 bits per heavy atom. The molecule has 1 unspecified atom stereocenters. The second kappa shape index (κ2) is 11.3. The number of rotatable bonds is 7. The maximum Gasteiger partial charge on any atom is 0.422 e. The van der Waals surface area contributed by atoms with E-state index < -0.39 is 12.8 Å². The van der Waals surface area contributed by atoms with Crippen LogP contribution in [-0.2, 0) is 6.54 Å². The van der Waals surface area contributed by atoms with Gasteiger partial charge in [-0.1, -0.05) is 13.0 Å². The summed E-state index contributed by atoms with van der Waals surface area (Å²) in [6, 6.07) is 3.35. The summed E-state index contributed by atoms with van der Waals surface area (Å²) in [5.74, 6) is 0.638. The van der Waals surface area contributed by atoms with Gasteiger partial charge < -0.3 is 15.4 Å². The lowest BCUT2D eigenvalue weighted by atomic mass is 10.3. The van der Waals surface area contributed by atoms with Crippen LogP contribution in [-0.4, -0.2) is 36.3 Å². The Morgan fingerprint density at radius 2 is 2.04 bits per heavy atom. The molecule has 1 atom stereocenters. The van der Waals surface area contributed by atoms with Gasteiger partial charge in [0, 0.05) is 24.8 Å². The molecule has 1 heterocycles. The number of hydrogen-bond acceptors (Lipinski definition) is 3. The first-order chi connectivity index (χ1) is 10.8. The van der Waals surface area contributed by atoms with Gasteiger partial charge in [0.1, 0.15) is 0 Å². The molecule has 0 aliphatic rings. The van der Waals surface area contributed by atoms with E-state index in [9.17, 15) is 13.2 Å². The predicted octanol–water partition coefficient (Wildman–Crippen LogP) is 3.49. The second-order valence-electron chi connectivity index (χ2n) is 5.06. The van der Waals surface area contributed by atoms with Gasteiger partial charge in [0.25, 0.3) is 0 Å². The molecular weight excluding hydrogens is 436 g/mol. The Hall–Kier alpha value is -1.26. The van der Waals surface area contributed by atoms with Gasteiger partial charge in [0.2, 0.25) is 5.88 Å². The summed E-state index contributed by atoms with van der Waals surface area (Å²) in [6.45, 7) is 5.87. The fourth-order valence-corrected chi connectivity index (χ4v) is 1.57. The minimum atomic E-state index is -4.37. The molecule has 1 aromatic heterocycles. The van der Waals surface area contributed by atoms with Crippen molar-refractivity contribution >= 4 is 29.9 Å². The van der Waals surface area contributed by atoms with Crippen LogP contribution < -0.4 is 15.4 Å². The molecule has 0 radical (unpaired) electrons. The van der Waals surface area contributed by atoms with E-state index in [1.165, 1.54) is 12.3 Å². The van der Waals surface area contributed by atoms with Gasteiger partial charge in [0.05, 0.1) is 6.54 Å². The molecule has 0 bridgehead atoms. The van der Waals surface area contributed by atoms with Crippen molar-refractivity contribution in [3.63, 3.8) is 0 Å². The Labute approximate surface area is 157 Å². The Morgan fingerprint density at radius 3 is 2.54 bits per heavy atom. The molecule has 2 N–H and O–H groups in total. The quantitative estimate of drug-likeness (QED) is 0.372. The van der Waals surface area contributed by atoms with Crippen molar-refractivity contribution in [3.05, 3.63) is 23.9 Å². The highest BCUT2D eigenvalue weighted by Gasteiger charge is 2.28. The Bertz CT molecular complexity index is 494. The lowest BCUT2D eigenvalue weighted by molar-refractivity contribution is -0.154. The van der Waals surface area contributed by atoms with E-state index in [0.29, 0.717) is 18.5 Å². The second-order valence-corrected chi connectivity index (χ2v) is 5.06.